The van der Waals surface area contributed by atoms with Crippen molar-refractivity contribution in [2.24, 2.45) is 0 Å². The molecule has 7 heteroatoms. The zero-order valence-corrected chi connectivity index (χ0v) is 15.4. The molecule has 0 atom stereocenters. The molecule has 1 aliphatic heterocycles. The van der Waals surface area contributed by atoms with Crippen molar-refractivity contribution >= 4 is 55.5 Å². The number of esters is 1. The van der Waals surface area contributed by atoms with Crippen LogP contribution in [0.3, 0.4) is 0 Å². The molecule has 0 unspecified atom stereocenters. The average molecular weight is 461 g/mol. The lowest BCUT2D eigenvalue weighted by molar-refractivity contribution is -0.128. The third kappa shape index (κ3) is 3.88. The summed E-state index contributed by atoms with van der Waals surface area (Å²) < 4.78 is 17.3. The number of carbonyl (C=O) groups excluding carboxylic acids is 1. The van der Waals surface area contributed by atoms with E-state index in [2.05, 4.69) is 31.9 Å². The lowest BCUT2D eigenvalue weighted by Gasteiger charge is -2.04. The molecule has 2 aromatic carbocycles. The van der Waals surface area contributed by atoms with Gasteiger partial charge in [0.15, 0.2) is 11.5 Å². The molecule has 0 fully saturated rings. The largest absolute Gasteiger partial charge is 0.454 e. The predicted octanol–water partition coefficient (Wildman–Crippen LogP) is 5.21. The van der Waals surface area contributed by atoms with E-state index in [-0.39, 0.29) is 6.79 Å². The minimum atomic E-state index is -0.507. The first-order valence-corrected chi connectivity index (χ1v) is 8.43. The molecular formula is C16H9Br2ClO4. The van der Waals surface area contributed by atoms with E-state index in [0.717, 1.165) is 14.5 Å². The van der Waals surface area contributed by atoms with Gasteiger partial charge in [-0.05, 0) is 51.8 Å². The third-order valence-electron chi connectivity index (χ3n) is 3.00. The molecule has 1 aliphatic rings. The number of rotatable bonds is 3. The first-order valence-electron chi connectivity index (χ1n) is 6.47. The Balaban J connectivity index is 1.72. The summed E-state index contributed by atoms with van der Waals surface area (Å²) in [6.07, 6.45) is 2.97. The van der Waals surface area contributed by atoms with Gasteiger partial charge < -0.3 is 14.2 Å². The maximum absolute atomic E-state index is 11.9. The van der Waals surface area contributed by atoms with Gasteiger partial charge in [0.2, 0.25) is 6.79 Å². The first-order chi connectivity index (χ1) is 11.0. The highest BCUT2D eigenvalue weighted by Gasteiger charge is 2.15. The van der Waals surface area contributed by atoms with Crippen LogP contribution in [0.25, 0.3) is 6.08 Å². The zero-order chi connectivity index (χ0) is 16.4. The van der Waals surface area contributed by atoms with Crippen LogP contribution in [-0.2, 0) is 4.79 Å². The second-order valence-electron chi connectivity index (χ2n) is 4.56. The summed E-state index contributed by atoms with van der Waals surface area (Å²) in [5.74, 6) is 1.17. The molecule has 0 aromatic heterocycles. The van der Waals surface area contributed by atoms with Crippen molar-refractivity contribution in [3.05, 3.63) is 55.9 Å². The Labute approximate surface area is 154 Å². The normalized spacial score (nSPS) is 12.7. The van der Waals surface area contributed by atoms with E-state index < -0.39 is 5.97 Å². The molecule has 0 amide bonds. The van der Waals surface area contributed by atoms with Crippen LogP contribution in [0.15, 0.2) is 45.4 Å². The van der Waals surface area contributed by atoms with Crippen LogP contribution in [0.1, 0.15) is 5.56 Å². The molecular weight excluding hydrogens is 451 g/mol. The molecule has 0 aliphatic carbocycles. The fourth-order valence-electron chi connectivity index (χ4n) is 1.91. The van der Waals surface area contributed by atoms with Gasteiger partial charge in [0, 0.05) is 21.1 Å². The molecule has 118 valence electrons. The monoisotopic (exact) mass is 458 g/mol. The number of benzene rings is 2. The fourth-order valence-corrected chi connectivity index (χ4v) is 2.78. The van der Waals surface area contributed by atoms with Crippen LogP contribution in [0.5, 0.6) is 17.2 Å². The van der Waals surface area contributed by atoms with Crippen molar-refractivity contribution < 1.29 is 19.0 Å². The van der Waals surface area contributed by atoms with Gasteiger partial charge in [-0.1, -0.05) is 27.5 Å². The van der Waals surface area contributed by atoms with Gasteiger partial charge in [0.05, 0.1) is 5.02 Å². The second-order valence-corrected chi connectivity index (χ2v) is 6.67. The van der Waals surface area contributed by atoms with Gasteiger partial charge >= 0.3 is 5.97 Å². The quantitative estimate of drug-likeness (QED) is 0.358. The maximum Gasteiger partial charge on any atom is 0.336 e. The molecule has 0 saturated carbocycles. The molecule has 2 aromatic rings. The predicted molar refractivity (Wildman–Crippen MR) is 94.1 cm³/mol. The Morgan fingerprint density at radius 1 is 1.13 bits per heavy atom. The second kappa shape index (κ2) is 6.95. The van der Waals surface area contributed by atoms with Crippen molar-refractivity contribution in [1.82, 2.24) is 0 Å². The van der Waals surface area contributed by atoms with E-state index in [4.69, 9.17) is 25.8 Å². The van der Waals surface area contributed by atoms with Gasteiger partial charge in [0.1, 0.15) is 5.75 Å². The summed E-state index contributed by atoms with van der Waals surface area (Å²) >= 11 is 12.7. The molecule has 3 rings (SSSR count). The Morgan fingerprint density at radius 2 is 1.87 bits per heavy atom. The molecule has 0 spiro atoms. The van der Waals surface area contributed by atoms with Crippen LogP contribution in [0.2, 0.25) is 5.02 Å². The highest BCUT2D eigenvalue weighted by Crippen LogP contribution is 2.37. The number of carbonyl (C=O) groups is 1. The number of halogens is 3. The molecule has 0 saturated heterocycles. The summed E-state index contributed by atoms with van der Waals surface area (Å²) in [6, 6.07) is 8.50. The molecule has 0 radical (unpaired) electrons. The van der Waals surface area contributed by atoms with Gasteiger partial charge in [-0.25, -0.2) is 4.79 Å². The summed E-state index contributed by atoms with van der Waals surface area (Å²) in [5, 5.41) is 0.470. The van der Waals surface area contributed by atoms with Crippen LogP contribution in [0.4, 0.5) is 0 Å². The summed E-state index contributed by atoms with van der Waals surface area (Å²) in [4.78, 5) is 11.9. The van der Waals surface area contributed by atoms with Crippen molar-refractivity contribution in [3.8, 4) is 17.2 Å². The molecule has 0 bridgehead atoms. The van der Waals surface area contributed by atoms with Gasteiger partial charge in [-0.15, -0.1) is 0 Å². The topological polar surface area (TPSA) is 44.8 Å². The van der Waals surface area contributed by atoms with Gasteiger partial charge in [0.25, 0.3) is 0 Å². The smallest absolute Gasteiger partial charge is 0.336 e. The standard InChI is InChI=1S/C16H9Br2ClO4/c17-11-3-2-10(6-13(11)19)23-16(20)4-1-9-5-14-15(7-12(9)18)22-8-21-14/h1-7H,8H2. The highest BCUT2D eigenvalue weighted by molar-refractivity contribution is 9.10. The zero-order valence-electron chi connectivity index (χ0n) is 11.5. The van der Waals surface area contributed by atoms with E-state index in [1.165, 1.54) is 6.08 Å². The van der Waals surface area contributed by atoms with Crippen molar-refractivity contribution in [3.63, 3.8) is 0 Å². The summed E-state index contributed by atoms with van der Waals surface area (Å²) in [7, 11) is 0. The van der Waals surface area contributed by atoms with Gasteiger partial charge in [-0.3, -0.25) is 0 Å². The Morgan fingerprint density at radius 3 is 2.61 bits per heavy atom. The van der Waals surface area contributed by atoms with E-state index >= 15 is 0 Å². The number of fused-ring (bicyclic) bond motifs is 1. The minimum absolute atomic E-state index is 0.196. The van der Waals surface area contributed by atoms with Crippen LogP contribution >= 0.6 is 43.5 Å². The van der Waals surface area contributed by atoms with Crippen LogP contribution < -0.4 is 14.2 Å². The lowest BCUT2D eigenvalue weighted by Crippen LogP contribution is -2.03. The average Bonchev–Trinajstić information content (AvgIpc) is 2.95. The van der Waals surface area contributed by atoms with E-state index in [1.807, 2.05) is 0 Å². The number of hydrogen-bond acceptors (Lipinski definition) is 4. The lowest BCUT2D eigenvalue weighted by atomic mass is 10.2. The first kappa shape index (κ1) is 16.4. The van der Waals surface area contributed by atoms with Crippen molar-refractivity contribution in [2.45, 2.75) is 0 Å². The van der Waals surface area contributed by atoms with Gasteiger partial charge in [-0.2, -0.15) is 0 Å². The fraction of sp³-hybridized carbons (Fsp3) is 0.0625. The third-order valence-corrected chi connectivity index (χ3v) is 4.92. The SMILES string of the molecule is O=C(C=Cc1cc2c(cc1Br)OCO2)Oc1ccc(Br)c(Cl)c1. The molecule has 4 nitrogen and oxygen atoms in total. The number of ether oxygens (including phenoxy) is 3. The number of hydrogen-bond donors (Lipinski definition) is 0. The Kier molecular flexibility index (Phi) is 4.94. The maximum atomic E-state index is 11.9. The molecule has 23 heavy (non-hydrogen) atoms. The molecule has 1 heterocycles. The van der Waals surface area contributed by atoms with Crippen LogP contribution in [-0.4, -0.2) is 12.8 Å². The summed E-state index contributed by atoms with van der Waals surface area (Å²) in [6.45, 7) is 0.196. The van der Waals surface area contributed by atoms with Crippen LogP contribution in [0, 0.1) is 0 Å². The Bertz CT molecular complexity index is 805. The van der Waals surface area contributed by atoms with Crippen molar-refractivity contribution in [1.29, 1.82) is 0 Å². The Hall–Kier alpha value is -1.50. The molecule has 0 N–H and O–H groups in total. The van der Waals surface area contributed by atoms with E-state index in [1.54, 1.807) is 36.4 Å². The summed E-state index contributed by atoms with van der Waals surface area (Å²) in [5.41, 5.74) is 0.778. The van der Waals surface area contributed by atoms with E-state index in [9.17, 15) is 4.79 Å². The minimum Gasteiger partial charge on any atom is -0.454 e. The van der Waals surface area contributed by atoms with E-state index in [0.29, 0.717) is 22.3 Å². The highest BCUT2D eigenvalue weighted by atomic mass is 79.9. The van der Waals surface area contributed by atoms with Crippen molar-refractivity contribution in [2.75, 3.05) is 6.79 Å².